The van der Waals surface area contributed by atoms with E-state index in [9.17, 15) is 49.6 Å². The topological polar surface area (TPSA) is 252 Å². The first kappa shape index (κ1) is 35.1. The summed E-state index contributed by atoms with van der Waals surface area (Å²) >= 11 is 1.23. The zero-order valence-electron chi connectivity index (χ0n) is 27.1. The Bertz CT molecular complexity index is 1970. The van der Waals surface area contributed by atoms with Gasteiger partial charge in [0.2, 0.25) is 11.8 Å². The van der Waals surface area contributed by atoms with Crippen molar-refractivity contribution in [1.29, 1.82) is 0 Å². The Kier molecular flexibility index (Phi) is 9.58. The van der Waals surface area contributed by atoms with Crippen LogP contribution in [0.1, 0.15) is 43.1 Å². The van der Waals surface area contributed by atoms with E-state index in [0.717, 1.165) is 0 Å². The van der Waals surface area contributed by atoms with E-state index in [1.165, 1.54) is 77.0 Å². The summed E-state index contributed by atoms with van der Waals surface area (Å²) in [6, 6.07) is 9.49. The van der Waals surface area contributed by atoms with Gasteiger partial charge in [-0.05, 0) is 48.7 Å². The van der Waals surface area contributed by atoms with Crippen LogP contribution in [0.5, 0.6) is 5.88 Å². The number of likely N-dealkylation sites (tertiary alicyclic amines) is 1. The van der Waals surface area contributed by atoms with E-state index in [1.54, 1.807) is 0 Å². The maximum absolute atomic E-state index is 13.7. The van der Waals surface area contributed by atoms with Gasteiger partial charge in [0.05, 0.1) is 34.0 Å². The van der Waals surface area contributed by atoms with Crippen LogP contribution in [0.4, 0.5) is 16.2 Å². The average molecular weight is 725 g/mol. The lowest BCUT2D eigenvalue weighted by Gasteiger charge is -2.46. The van der Waals surface area contributed by atoms with E-state index >= 15 is 0 Å². The number of amides is 2. The predicted molar refractivity (Wildman–Crippen MR) is 177 cm³/mol. The van der Waals surface area contributed by atoms with E-state index < -0.39 is 74.7 Å². The van der Waals surface area contributed by atoms with Crippen molar-refractivity contribution in [3.63, 3.8) is 0 Å². The number of hydrogen-bond donors (Lipinski definition) is 4. The van der Waals surface area contributed by atoms with Gasteiger partial charge < -0.3 is 29.6 Å². The van der Waals surface area contributed by atoms with Gasteiger partial charge >= 0.3 is 17.8 Å². The van der Waals surface area contributed by atoms with Crippen molar-refractivity contribution in [3.05, 3.63) is 107 Å². The molecule has 6 atom stereocenters. The molecule has 0 saturated carbocycles. The van der Waals surface area contributed by atoms with Gasteiger partial charge in [0.1, 0.15) is 24.6 Å². The number of non-ortho nitro benzene ring substituents is 2. The maximum Gasteiger partial charge on any atom is 0.410 e. The molecule has 18 nitrogen and oxygen atoms in total. The highest BCUT2D eigenvalue weighted by atomic mass is 32.2. The van der Waals surface area contributed by atoms with Crippen LogP contribution in [0.25, 0.3) is 0 Å². The SMILES string of the molecule is C[C@@H](O)[C@H]1C(=O)N2C(C(=O)OCc3ccc([N+](=O)[O-])cc3)=C(S[C@H]3C[C@@H](c4[nH]c(=O)[nH]c4O)N(C(=O)OCc4ccc([N+](=O)[O-])cc4)C3)[C@H](C)[C@H]12. The van der Waals surface area contributed by atoms with Gasteiger partial charge in [0, 0.05) is 46.9 Å². The number of aliphatic hydroxyl groups excluding tert-OH is 1. The standard InChI is InChI=1S/C32H32N6O12S/c1-15-25-23(16(2)39)29(41)36(25)26(30(42)49-13-17-3-7-19(8-4-17)37(45)46)27(15)51-21-11-22(24-28(40)34-31(43)33-24)35(12-21)32(44)50-14-18-5-9-20(10-6-18)38(47)48/h3-10,15-16,21-23,25,39-40H,11-14H2,1-2H3,(H2,33,34,43)/t15-,16-,21+,22+,23-,25-/m1/s1. The third-order valence-electron chi connectivity index (χ3n) is 9.19. The van der Waals surface area contributed by atoms with Crippen LogP contribution in [0.3, 0.4) is 0 Å². The largest absolute Gasteiger partial charge is 0.493 e. The summed E-state index contributed by atoms with van der Waals surface area (Å²) in [5.41, 5.74) is 0.0324. The van der Waals surface area contributed by atoms with Crippen molar-refractivity contribution >= 4 is 41.1 Å². The highest BCUT2D eigenvalue weighted by Gasteiger charge is 2.60. The zero-order valence-corrected chi connectivity index (χ0v) is 27.9. The fraction of sp³-hybridized carbons (Fsp3) is 0.375. The molecule has 6 rings (SSSR count). The molecule has 0 spiro atoms. The molecule has 0 radical (unpaired) electrons. The van der Waals surface area contributed by atoms with Gasteiger partial charge in [0.15, 0.2) is 0 Å². The quantitative estimate of drug-likeness (QED) is 0.0961. The smallest absolute Gasteiger partial charge is 0.410 e. The second-order valence-corrected chi connectivity index (χ2v) is 13.8. The van der Waals surface area contributed by atoms with Crippen molar-refractivity contribution in [2.75, 3.05) is 6.54 Å². The Morgan fingerprint density at radius 3 is 2.06 bits per heavy atom. The molecule has 0 aliphatic carbocycles. The molecule has 2 fully saturated rings. The summed E-state index contributed by atoms with van der Waals surface area (Å²) in [4.78, 5) is 81.2. The van der Waals surface area contributed by atoms with Gasteiger partial charge in [-0.15, -0.1) is 11.8 Å². The molecule has 2 amide bonds. The van der Waals surface area contributed by atoms with Crippen molar-refractivity contribution < 1.29 is 43.9 Å². The second-order valence-electron chi connectivity index (χ2n) is 12.4. The first-order valence-corrected chi connectivity index (χ1v) is 16.6. The fourth-order valence-corrected chi connectivity index (χ4v) is 8.23. The lowest BCUT2D eigenvalue weighted by Crippen LogP contribution is -2.63. The Balaban J connectivity index is 1.24. The molecule has 0 unspecified atom stereocenters. The number of hydrogen-bond acceptors (Lipinski definition) is 13. The zero-order chi connectivity index (χ0) is 36.7. The number of carbonyl (C=O) groups excluding carboxylic acids is 3. The van der Waals surface area contributed by atoms with Crippen LogP contribution in [-0.2, 0) is 32.3 Å². The number of imidazole rings is 1. The normalized spacial score (nSPS) is 23.1. The third kappa shape index (κ3) is 6.76. The first-order chi connectivity index (χ1) is 24.2. The molecule has 1 aromatic heterocycles. The van der Waals surface area contributed by atoms with Crippen molar-refractivity contribution in [1.82, 2.24) is 19.8 Å². The number of nitro benzene ring substituents is 2. The number of H-pyrrole nitrogens is 2. The van der Waals surface area contributed by atoms with Crippen LogP contribution in [0, 0.1) is 32.1 Å². The van der Waals surface area contributed by atoms with Crippen LogP contribution in [0.2, 0.25) is 0 Å². The highest BCUT2D eigenvalue weighted by molar-refractivity contribution is 8.03. The summed E-state index contributed by atoms with van der Waals surface area (Å²) < 4.78 is 11.1. The molecule has 51 heavy (non-hydrogen) atoms. The monoisotopic (exact) mass is 724 g/mol. The van der Waals surface area contributed by atoms with Gasteiger partial charge in [-0.1, -0.05) is 6.92 Å². The van der Waals surface area contributed by atoms with Gasteiger partial charge in [-0.3, -0.25) is 34.9 Å². The molecule has 268 valence electrons. The molecular formula is C32H32N6O12S. The van der Waals surface area contributed by atoms with E-state index in [4.69, 9.17) is 9.47 Å². The molecule has 2 aromatic carbocycles. The number of esters is 1. The average Bonchev–Trinajstić information content (AvgIpc) is 3.74. The third-order valence-corrected chi connectivity index (χ3v) is 10.7. The maximum atomic E-state index is 13.7. The number of carbonyl (C=O) groups is 3. The number of nitro groups is 2. The number of aliphatic hydroxyl groups is 1. The molecule has 3 aliphatic heterocycles. The predicted octanol–water partition coefficient (Wildman–Crippen LogP) is 3.22. The Morgan fingerprint density at radius 2 is 1.55 bits per heavy atom. The lowest BCUT2D eigenvalue weighted by atomic mass is 9.79. The number of aromatic amines is 2. The Hall–Kier alpha value is -5.69. The second kappa shape index (κ2) is 13.9. The molecule has 0 bridgehead atoms. The number of β-lactam (4-membered cyclic amide) rings is 1. The summed E-state index contributed by atoms with van der Waals surface area (Å²) in [5, 5.41) is 42.4. The lowest BCUT2D eigenvalue weighted by molar-refractivity contribution is -0.385. The number of nitrogens with one attached hydrogen (secondary N) is 2. The summed E-state index contributed by atoms with van der Waals surface area (Å²) in [5.74, 6) is -2.92. The molecule has 3 aromatic rings. The van der Waals surface area contributed by atoms with E-state index in [1.807, 2.05) is 6.92 Å². The van der Waals surface area contributed by atoms with Gasteiger partial charge in [-0.25, -0.2) is 14.4 Å². The summed E-state index contributed by atoms with van der Waals surface area (Å²) in [7, 11) is 0. The van der Waals surface area contributed by atoms with Crippen LogP contribution >= 0.6 is 11.8 Å². The van der Waals surface area contributed by atoms with Gasteiger partial charge in [0.25, 0.3) is 11.4 Å². The van der Waals surface area contributed by atoms with E-state index in [-0.39, 0.29) is 48.9 Å². The molecule has 4 N–H and O–H groups in total. The number of fused-ring (bicyclic) bond motifs is 1. The Labute approximate surface area is 292 Å². The number of ether oxygens (including phenoxy) is 2. The van der Waals surface area contributed by atoms with Crippen molar-refractivity contribution in [2.45, 2.75) is 56.9 Å². The Morgan fingerprint density at radius 1 is 0.980 bits per heavy atom. The minimum atomic E-state index is -0.992. The minimum Gasteiger partial charge on any atom is -0.493 e. The number of aromatic nitrogens is 2. The van der Waals surface area contributed by atoms with Crippen molar-refractivity contribution in [2.24, 2.45) is 11.8 Å². The molecular weight excluding hydrogens is 692 g/mol. The van der Waals surface area contributed by atoms with Crippen LogP contribution in [-0.4, -0.2) is 81.7 Å². The number of aromatic hydroxyl groups is 1. The molecule has 2 saturated heterocycles. The number of rotatable bonds is 11. The van der Waals surface area contributed by atoms with Crippen LogP contribution < -0.4 is 5.69 Å². The van der Waals surface area contributed by atoms with Gasteiger partial charge in [-0.2, -0.15) is 0 Å². The summed E-state index contributed by atoms with van der Waals surface area (Å²) in [6.07, 6.45) is -1.61. The molecule has 19 heteroatoms. The molecule has 4 heterocycles. The van der Waals surface area contributed by atoms with Crippen LogP contribution in [0.15, 0.2) is 63.9 Å². The number of nitrogens with zero attached hydrogens (tertiary/aromatic N) is 4. The fourth-order valence-electron chi connectivity index (χ4n) is 6.71. The summed E-state index contributed by atoms with van der Waals surface area (Å²) in [6.45, 7) is 2.88. The van der Waals surface area contributed by atoms with Crippen molar-refractivity contribution in [3.8, 4) is 5.88 Å². The number of benzene rings is 2. The van der Waals surface area contributed by atoms with E-state index in [0.29, 0.717) is 16.0 Å². The van der Waals surface area contributed by atoms with E-state index in [2.05, 4.69) is 9.97 Å². The first-order valence-electron chi connectivity index (χ1n) is 15.7. The highest BCUT2D eigenvalue weighted by Crippen LogP contribution is 2.53. The molecule has 3 aliphatic rings. The number of thioether (sulfide) groups is 1. The minimum absolute atomic E-state index is 0.00467.